The van der Waals surface area contributed by atoms with Crippen LogP contribution in [0.1, 0.15) is 0 Å². The minimum absolute atomic E-state index is 0.00213. The molecule has 0 aromatic heterocycles. The van der Waals surface area contributed by atoms with Gasteiger partial charge >= 0.3 is 8.25 Å². The highest BCUT2D eigenvalue weighted by Crippen LogP contribution is 2.29. The van der Waals surface area contributed by atoms with Gasteiger partial charge < -0.3 is 5.11 Å². The molecule has 0 radical (unpaired) electrons. The largest absolute Gasteiger partial charge is 0.697 e. The normalized spacial score (nSPS) is 32.6. The molecule has 5 heteroatoms. The van der Waals surface area contributed by atoms with E-state index in [2.05, 4.69) is 9.05 Å². The first kappa shape index (κ1) is 7.09. The van der Waals surface area contributed by atoms with E-state index in [0.717, 1.165) is 0 Å². The quantitative estimate of drug-likeness (QED) is 0.547. The summed E-state index contributed by atoms with van der Waals surface area (Å²) >= 11 is 0. The van der Waals surface area contributed by atoms with Crippen LogP contribution in [-0.2, 0) is 13.6 Å². The average Bonchev–Trinajstić information content (AvgIpc) is 1.90. The molecule has 1 heterocycles. The summed E-state index contributed by atoms with van der Waals surface area (Å²) in [4.78, 5) is 0. The van der Waals surface area contributed by atoms with Crippen molar-refractivity contribution in [3.8, 4) is 0 Å². The summed E-state index contributed by atoms with van der Waals surface area (Å²) in [6.45, 7) is 0.709. The van der Waals surface area contributed by atoms with Gasteiger partial charge in [-0.2, -0.15) is 0 Å². The first-order chi connectivity index (χ1) is 4.33. The first-order valence-electron chi connectivity index (χ1n) is 2.67. The molecule has 0 unspecified atom stereocenters. The van der Waals surface area contributed by atoms with Gasteiger partial charge in [-0.25, -0.2) is 0 Å². The van der Waals surface area contributed by atoms with Crippen LogP contribution in [0.25, 0.3) is 0 Å². The summed E-state index contributed by atoms with van der Waals surface area (Å²) < 4.78 is 19.6. The molecule has 0 aromatic rings. The van der Waals surface area contributed by atoms with E-state index in [1.165, 1.54) is 0 Å². The van der Waals surface area contributed by atoms with E-state index in [-0.39, 0.29) is 12.5 Å². The summed E-state index contributed by atoms with van der Waals surface area (Å²) in [7, 11) is -1.89. The number of hydrogen-bond acceptors (Lipinski definition) is 4. The van der Waals surface area contributed by atoms with E-state index in [9.17, 15) is 4.57 Å². The van der Waals surface area contributed by atoms with Crippen molar-refractivity contribution < 1.29 is 18.7 Å². The van der Waals surface area contributed by atoms with Gasteiger partial charge in [0, 0.05) is 10.5 Å². The van der Waals surface area contributed by atoms with Crippen LogP contribution in [0.5, 0.6) is 0 Å². The molecule has 52 valence electrons. The highest BCUT2D eigenvalue weighted by molar-refractivity contribution is 7.33. The van der Waals surface area contributed by atoms with E-state index in [1.54, 1.807) is 0 Å². The van der Waals surface area contributed by atoms with Crippen LogP contribution >= 0.6 is 8.25 Å². The minimum atomic E-state index is -1.89. The zero-order chi connectivity index (χ0) is 6.69. The summed E-state index contributed by atoms with van der Waals surface area (Å²) in [6.07, 6.45) is 0. The van der Waals surface area contributed by atoms with E-state index in [4.69, 9.17) is 5.11 Å². The van der Waals surface area contributed by atoms with E-state index in [1.807, 2.05) is 0 Å². The Bertz CT molecular complexity index is 105. The molecule has 9 heavy (non-hydrogen) atoms. The summed E-state index contributed by atoms with van der Waals surface area (Å²) in [5.74, 6) is -0.00213. The zero-order valence-corrected chi connectivity index (χ0v) is 5.71. The van der Waals surface area contributed by atoms with Gasteiger partial charge in [-0.15, -0.1) is 9.05 Å². The van der Waals surface area contributed by atoms with Crippen molar-refractivity contribution in [1.29, 1.82) is 0 Å². The van der Waals surface area contributed by atoms with Crippen LogP contribution in [0.4, 0.5) is 0 Å². The SMILES string of the molecule is O=[P+]1OCC(CO)CO1. The number of hydrogen-bond donors (Lipinski definition) is 1. The number of aliphatic hydroxyl groups is 1. The molecule has 0 amide bonds. The van der Waals surface area contributed by atoms with E-state index >= 15 is 0 Å². The van der Waals surface area contributed by atoms with Crippen molar-refractivity contribution in [2.24, 2.45) is 5.92 Å². The van der Waals surface area contributed by atoms with Crippen LogP contribution in [-0.4, -0.2) is 24.9 Å². The Balaban J connectivity index is 2.26. The summed E-state index contributed by atoms with van der Waals surface area (Å²) in [5.41, 5.74) is 0. The summed E-state index contributed by atoms with van der Waals surface area (Å²) in [6, 6.07) is 0. The van der Waals surface area contributed by atoms with E-state index in [0.29, 0.717) is 13.2 Å². The highest BCUT2D eigenvalue weighted by Gasteiger charge is 2.30. The van der Waals surface area contributed by atoms with Gasteiger partial charge in [-0.1, -0.05) is 0 Å². The van der Waals surface area contributed by atoms with Gasteiger partial charge in [-0.3, -0.25) is 0 Å². The van der Waals surface area contributed by atoms with Gasteiger partial charge in [0.15, 0.2) is 0 Å². The van der Waals surface area contributed by atoms with Crippen molar-refractivity contribution in [1.82, 2.24) is 0 Å². The topological polar surface area (TPSA) is 55.8 Å². The Morgan fingerprint density at radius 2 is 2.11 bits per heavy atom. The molecule has 1 aliphatic heterocycles. The number of aliphatic hydroxyl groups excluding tert-OH is 1. The second kappa shape index (κ2) is 3.22. The van der Waals surface area contributed by atoms with Crippen molar-refractivity contribution in [2.45, 2.75) is 0 Å². The Labute approximate surface area is 53.7 Å². The van der Waals surface area contributed by atoms with Crippen LogP contribution in [0.2, 0.25) is 0 Å². The maximum absolute atomic E-state index is 10.3. The maximum atomic E-state index is 10.3. The van der Waals surface area contributed by atoms with Gasteiger partial charge in [-0.05, 0) is 0 Å². The molecule has 1 saturated heterocycles. The van der Waals surface area contributed by atoms with E-state index < -0.39 is 8.25 Å². The second-order valence-corrected chi connectivity index (χ2v) is 2.83. The third-order valence-corrected chi connectivity index (χ3v) is 1.81. The van der Waals surface area contributed by atoms with Gasteiger partial charge in [0.2, 0.25) is 0 Å². The Morgan fingerprint density at radius 3 is 2.56 bits per heavy atom. The predicted octanol–water partition coefficient (Wildman–Crippen LogP) is 0.299. The molecular formula is C4H8O4P+. The van der Waals surface area contributed by atoms with Crippen molar-refractivity contribution >= 4 is 8.25 Å². The van der Waals surface area contributed by atoms with Crippen LogP contribution in [0.3, 0.4) is 0 Å². The Hall–Kier alpha value is -0.0200. The lowest BCUT2D eigenvalue weighted by Gasteiger charge is -2.09. The minimum Gasteiger partial charge on any atom is -0.396 e. The third-order valence-electron chi connectivity index (χ3n) is 1.09. The van der Waals surface area contributed by atoms with Crippen molar-refractivity contribution in [2.75, 3.05) is 19.8 Å². The van der Waals surface area contributed by atoms with Crippen LogP contribution < -0.4 is 0 Å². The smallest absolute Gasteiger partial charge is 0.396 e. The maximum Gasteiger partial charge on any atom is 0.697 e. The summed E-state index contributed by atoms with van der Waals surface area (Å²) in [5, 5.41) is 8.52. The highest BCUT2D eigenvalue weighted by atomic mass is 31.1. The van der Waals surface area contributed by atoms with Crippen LogP contribution in [0, 0.1) is 5.92 Å². The second-order valence-electron chi connectivity index (χ2n) is 1.86. The fourth-order valence-electron chi connectivity index (χ4n) is 0.523. The Morgan fingerprint density at radius 1 is 1.56 bits per heavy atom. The molecule has 0 saturated carbocycles. The molecule has 0 atom stereocenters. The predicted molar refractivity (Wildman–Crippen MR) is 30.1 cm³/mol. The standard InChI is InChI=1S/C4H8O4P/c5-1-4-2-7-9(6)8-3-4/h4-5H,1-3H2/q+1. The molecule has 0 spiro atoms. The lowest BCUT2D eigenvalue weighted by molar-refractivity contribution is 0.0695. The number of rotatable bonds is 1. The molecule has 1 aliphatic rings. The van der Waals surface area contributed by atoms with Crippen molar-refractivity contribution in [3.63, 3.8) is 0 Å². The molecule has 0 aromatic carbocycles. The molecule has 0 bridgehead atoms. The molecule has 1 rings (SSSR count). The monoisotopic (exact) mass is 151 g/mol. The van der Waals surface area contributed by atoms with Gasteiger partial charge in [0.05, 0.1) is 6.61 Å². The molecular weight excluding hydrogens is 143 g/mol. The zero-order valence-electron chi connectivity index (χ0n) is 4.82. The van der Waals surface area contributed by atoms with Crippen LogP contribution in [0.15, 0.2) is 0 Å². The Kier molecular flexibility index (Phi) is 2.54. The first-order valence-corrected chi connectivity index (χ1v) is 3.76. The fourth-order valence-corrected chi connectivity index (χ4v) is 1.26. The molecule has 1 fully saturated rings. The lowest BCUT2D eigenvalue weighted by Crippen LogP contribution is -2.21. The molecule has 4 nitrogen and oxygen atoms in total. The molecule has 0 aliphatic carbocycles. The fraction of sp³-hybridized carbons (Fsp3) is 1.00. The van der Waals surface area contributed by atoms with Gasteiger partial charge in [0.1, 0.15) is 13.2 Å². The lowest BCUT2D eigenvalue weighted by atomic mass is 10.2. The third kappa shape index (κ3) is 1.99. The average molecular weight is 151 g/mol. The van der Waals surface area contributed by atoms with Gasteiger partial charge in [0.25, 0.3) is 0 Å². The molecule has 1 N–H and O–H groups in total. The van der Waals surface area contributed by atoms with Crippen molar-refractivity contribution in [3.05, 3.63) is 0 Å².